The molecule has 0 amide bonds. The lowest BCUT2D eigenvalue weighted by Gasteiger charge is -2.34. The largest absolute Gasteiger partial charge is 0.373 e. The van der Waals surface area contributed by atoms with Gasteiger partial charge in [-0.3, -0.25) is 9.82 Å². The van der Waals surface area contributed by atoms with Crippen LogP contribution in [0.3, 0.4) is 0 Å². The highest BCUT2D eigenvalue weighted by molar-refractivity contribution is 7.90. The zero-order chi connectivity index (χ0) is 13.3. The number of nitrogens with zero attached hydrogens (tertiary/aromatic N) is 2. The maximum Gasteiger partial charge on any atom is 0.302 e. The fourth-order valence-corrected chi connectivity index (χ4v) is 3.38. The molecular formula is C10H18N4O3S. The maximum absolute atomic E-state index is 12.2. The summed E-state index contributed by atoms with van der Waals surface area (Å²) in [6, 6.07) is 0. The molecule has 0 aromatic carbocycles. The molecule has 1 aliphatic heterocycles. The number of anilines is 1. The summed E-state index contributed by atoms with van der Waals surface area (Å²) < 4.78 is 33.8. The van der Waals surface area contributed by atoms with Crippen molar-refractivity contribution in [2.24, 2.45) is 0 Å². The van der Waals surface area contributed by atoms with Crippen LogP contribution in [0.1, 0.15) is 19.4 Å². The molecule has 0 saturated carbocycles. The molecule has 7 nitrogen and oxygen atoms in total. The molecule has 2 N–H and O–H groups in total. The first-order valence-electron chi connectivity index (χ1n) is 5.82. The highest BCUT2D eigenvalue weighted by Gasteiger charge is 2.31. The molecule has 18 heavy (non-hydrogen) atoms. The lowest BCUT2D eigenvalue weighted by molar-refractivity contribution is -0.0439. The van der Waals surface area contributed by atoms with Crippen molar-refractivity contribution in [3.63, 3.8) is 0 Å². The number of rotatable bonds is 3. The van der Waals surface area contributed by atoms with Crippen LogP contribution in [-0.2, 0) is 14.9 Å². The summed E-state index contributed by atoms with van der Waals surface area (Å²) in [5.74, 6) is 0.404. The quantitative estimate of drug-likeness (QED) is 0.839. The van der Waals surface area contributed by atoms with Crippen LogP contribution in [0.4, 0.5) is 5.82 Å². The SMILES string of the molecule is Cc1cn[nH]c1NS(=O)(=O)N1CC(C)OC(C)C1. The maximum atomic E-state index is 12.2. The molecule has 2 heterocycles. The summed E-state index contributed by atoms with van der Waals surface area (Å²) in [6.45, 7) is 6.21. The van der Waals surface area contributed by atoms with Gasteiger partial charge in [0, 0.05) is 18.7 Å². The van der Waals surface area contributed by atoms with Gasteiger partial charge in [-0.1, -0.05) is 0 Å². The fourth-order valence-electron chi connectivity index (χ4n) is 1.97. The first-order valence-corrected chi connectivity index (χ1v) is 7.26. The standard InChI is InChI=1S/C10H18N4O3S/c1-7-4-11-12-10(7)13-18(15,16)14-5-8(2)17-9(3)6-14/h4,8-9H,5-6H2,1-3H3,(H2,11,12,13). The molecule has 1 aliphatic rings. The van der Waals surface area contributed by atoms with Crippen LogP contribution in [0.2, 0.25) is 0 Å². The van der Waals surface area contributed by atoms with Gasteiger partial charge in [0.15, 0.2) is 0 Å². The summed E-state index contributed by atoms with van der Waals surface area (Å²) >= 11 is 0. The van der Waals surface area contributed by atoms with E-state index in [1.165, 1.54) is 4.31 Å². The zero-order valence-electron chi connectivity index (χ0n) is 10.7. The number of H-pyrrole nitrogens is 1. The van der Waals surface area contributed by atoms with Crippen molar-refractivity contribution in [3.8, 4) is 0 Å². The van der Waals surface area contributed by atoms with E-state index in [-0.39, 0.29) is 12.2 Å². The summed E-state index contributed by atoms with van der Waals surface area (Å²) in [5, 5.41) is 6.41. The van der Waals surface area contributed by atoms with Crippen LogP contribution in [0, 0.1) is 6.92 Å². The Bertz CT molecular complexity index is 503. The molecule has 2 atom stereocenters. The Hall–Kier alpha value is -1.12. The molecule has 0 bridgehead atoms. The van der Waals surface area contributed by atoms with E-state index in [9.17, 15) is 8.42 Å². The summed E-state index contributed by atoms with van der Waals surface area (Å²) in [4.78, 5) is 0. The minimum Gasteiger partial charge on any atom is -0.373 e. The Morgan fingerprint density at radius 2 is 2.06 bits per heavy atom. The second-order valence-electron chi connectivity index (χ2n) is 4.61. The molecule has 2 unspecified atom stereocenters. The third-order valence-electron chi connectivity index (χ3n) is 2.79. The van der Waals surface area contributed by atoms with Crippen LogP contribution < -0.4 is 4.72 Å². The van der Waals surface area contributed by atoms with Crippen molar-refractivity contribution in [1.82, 2.24) is 14.5 Å². The Morgan fingerprint density at radius 3 is 2.56 bits per heavy atom. The Labute approximate surface area is 107 Å². The molecule has 1 aromatic heterocycles. The van der Waals surface area contributed by atoms with Gasteiger partial charge in [0.1, 0.15) is 5.82 Å². The lowest BCUT2D eigenvalue weighted by atomic mass is 10.3. The summed E-state index contributed by atoms with van der Waals surface area (Å²) in [5.41, 5.74) is 0.757. The van der Waals surface area contributed by atoms with Crippen molar-refractivity contribution in [2.75, 3.05) is 17.8 Å². The second-order valence-corrected chi connectivity index (χ2v) is 6.28. The molecule has 0 aliphatic carbocycles. The van der Waals surface area contributed by atoms with E-state index in [0.717, 1.165) is 5.56 Å². The van der Waals surface area contributed by atoms with E-state index in [1.807, 2.05) is 13.8 Å². The predicted molar refractivity (Wildman–Crippen MR) is 67.4 cm³/mol. The van der Waals surface area contributed by atoms with Gasteiger partial charge < -0.3 is 4.74 Å². The van der Waals surface area contributed by atoms with E-state index in [1.54, 1.807) is 13.1 Å². The van der Waals surface area contributed by atoms with Gasteiger partial charge in [0.05, 0.1) is 18.4 Å². The molecule has 1 fully saturated rings. The van der Waals surface area contributed by atoms with Crippen LogP contribution in [0.15, 0.2) is 6.20 Å². The topological polar surface area (TPSA) is 87.3 Å². The molecule has 0 radical (unpaired) electrons. The molecular weight excluding hydrogens is 256 g/mol. The third kappa shape index (κ3) is 2.82. The second kappa shape index (κ2) is 4.87. The van der Waals surface area contributed by atoms with Gasteiger partial charge in [0.25, 0.3) is 0 Å². The predicted octanol–water partition coefficient (Wildman–Crippen LogP) is 0.484. The third-order valence-corrected chi connectivity index (χ3v) is 4.23. The monoisotopic (exact) mass is 274 g/mol. The zero-order valence-corrected chi connectivity index (χ0v) is 11.5. The first kappa shape index (κ1) is 13.3. The van der Waals surface area contributed by atoms with Gasteiger partial charge in [-0.15, -0.1) is 0 Å². The van der Waals surface area contributed by atoms with Crippen LogP contribution in [0.25, 0.3) is 0 Å². The highest BCUT2D eigenvalue weighted by Crippen LogP contribution is 2.17. The minimum absolute atomic E-state index is 0.104. The number of ether oxygens (including phenoxy) is 1. The van der Waals surface area contributed by atoms with Crippen LogP contribution in [0.5, 0.6) is 0 Å². The number of nitrogens with one attached hydrogen (secondary N) is 2. The minimum atomic E-state index is -3.56. The van der Waals surface area contributed by atoms with E-state index >= 15 is 0 Å². The Balaban J connectivity index is 2.13. The number of hydrogen-bond donors (Lipinski definition) is 2. The molecule has 2 rings (SSSR count). The normalized spacial score (nSPS) is 26.2. The van der Waals surface area contributed by atoms with Crippen molar-refractivity contribution in [1.29, 1.82) is 0 Å². The van der Waals surface area contributed by atoms with Crippen molar-refractivity contribution in [3.05, 3.63) is 11.8 Å². The Morgan fingerprint density at radius 1 is 1.44 bits per heavy atom. The number of aromatic amines is 1. The van der Waals surface area contributed by atoms with Crippen molar-refractivity contribution >= 4 is 16.0 Å². The Kier molecular flexibility index (Phi) is 3.60. The summed E-state index contributed by atoms with van der Waals surface area (Å²) in [6.07, 6.45) is 1.36. The average Bonchev–Trinajstić information content (AvgIpc) is 2.62. The van der Waals surface area contributed by atoms with Gasteiger partial charge in [-0.2, -0.15) is 17.8 Å². The van der Waals surface area contributed by atoms with Gasteiger partial charge in [-0.25, -0.2) is 0 Å². The van der Waals surface area contributed by atoms with Gasteiger partial charge in [-0.05, 0) is 20.8 Å². The number of morpholine rings is 1. The fraction of sp³-hybridized carbons (Fsp3) is 0.700. The number of aromatic nitrogens is 2. The van der Waals surface area contributed by atoms with Crippen LogP contribution >= 0.6 is 0 Å². The van der Waals surface area contributed by atoms with Gasteiger partial charge >= 0.3 is 10.2 Å². The number of hydrogen-bond acceptors (Lipinski definition) is 4. The highest BCUT2D eigenvalue weighted by atomic mass is 32.2. The van der Waals surface area contributed by atoms with E-state index < -0.39 is 10.2 Å². The number of aryl methyl sites for hydroxylation is 1. The first-order chi connectivity index (χ1) is 8.38. The lowest BCUT2D eigenvalue weighted by Crippen LogP contribution is -2.50. The smallest absolute Gasteiger partial charge is 0.302 e. The average molecular weight is 274 g/mol. The molecule has 1 aromatic rings. The molecule has 1 saturated heterocycles. The van der Waals surface area contributed by atoms with E-state index in [0.29, 0.717) is 18.9 Å². The molecule has 102 valence electrons. The summed E-state index contributed by atoms with van der Waals surface area (Å²) in [7, 11) is -3.56. The molecule has 0 spiro atoms. The van der Waals surface area contributed by atoms with Crippen LogP contribution in [-0.4, -0.2) is 48.2 Å². The van der Waals surface area contributed by atoms with E-state index in [2.05, 4.69) is 14.9 Å². The molecule has 8 heteroatoms. The van der Waals surface area contributed by atoms with Crippen molar-refractivity contribution < 1.29 is 13.2 Å². The van der Waals surface area contributed by atoms with E-state index in [4.69, 9.17) is 4.74 Å². The van der Waals surface area contributed by atoms with Gasteiger partial charge in [0.2, 0.25) is 0 Å². The van der Waals surface area contributed by atoms with Crippen molar-refractivity contribution in [2.45, 2.75) is 33.0 Å².